The van der Waals surface area contributed by atoms with Crippen LogP contribution in [0.3, 0.4) is 0 Å². The maximum atomic E-state index is 11.6. The summed E-state index contributed by atoms with van der Waals surface area (Å²) in [7, 11) is 0. The van der Waals surface area contributed by atoms with Crippen LogP contribution in [-0.4, -0.2) is 17.8 Å². The van der Waals surface area contributed by atoms with Crippen LogP contribution in [0.5, 0.6) is 0 Å². The largest absolute Gasteiger partial charge is 0.461 e. The van der Waals surface area contributed by atoms with Crippen molar-refractivity contribution in [3.8, 4) is 0 Å². The van der Waals surface area contributed by atoms with Crippen LogP contribution in [0, 0.1) is 6.92 Å². The zero-order valence-corrected chi connectivity index (χ0v) is 8.61. The second-order valence-corrected chi connectivity index (χ2v) is 3.66. The van der Waals surface area contributed by atoms with E-state index >= 15 is 0 Å². The maximum Gasteiger partial charge on any atom is 0.224 e. The topological polar surface area (TPSA) is 30.2 Å². The van der Waals surface area contributed by atoms with Gasteiger partial charge in [-0.3, -0.25) is 4.79 Å². The Labute approximate surface area is 82.0 Å². The van der Waals surface area contributed by atoms with Crippen molar-refractivity contribution in [2.24, 2.45) is 0 Å². The van der Waals surface area contributed by atoms with Crippen LogP contribution in [0.25, 0.3) is 0 Å². The fourth-order valence-electron chi connectivity index (χ4n) is 1.01. The highest BCUT2D eigenvalue weighted by atomic mass is 32.2. The van der Waals surface area contributed by atoms with Gasteiger partial charge in [0, 0.05) is 11.3 Å². The fraction of sp³-hybridized carbons (Fsp3) is 0.300. The minimum atomic E-state index is -0.0862. The Kier molecular flexibility index (Phi) is 3.37. The van der Waals surface area contributed by atoms with Crippen molar-refractivity contribution in [3.63, 3.8) is 0 Å². The van der Waals surface area contributed by atoms with Crippen LogP contribution in [0.1, 0.15) is 16.1 Å². The minimum Gasteiger partial charge on any atom is -0.461 e. The minimum absolute atomic E-state index is 0.0862. The van der Waals surface area contributed by atoms with E-state index in [1.54, 1.807) is 17.8 Å². The summed E-state index contributed by atoms with van der Waals surface area (Å²) in [6, 6.07) is 1.78. The smallest absolute Gasteiger partial charge is 0.224 e. The lowest BCUT2D eigenvalue weighted by atomic mass is 10.1. The van der Waals surface area contributed by atoms with E-state index in [0.717, 1.165) is 5.56 Å². The predicted octanol–water partition coefficient (Wildman–Crippen LogP) is 2.69. The van der Waals surface area contributed by atoms with Gasteiger partial charge in [-0.2, -0.15) is 11.8 Å². The molecule has 0 aromatic carbocycles. The first-order valence-electron chi connectivity index (χ1n) is 3.92. The molecule has 70 valence electrons. The van der Waals surface area contributed by atoms with Crippen molar-refractivity contribution in [2.45, 2.75) is 6.92 Å². The summed E-state index contributed by atoms with van der Waals surface area (Å²) in [6.07, 6.45) is 3.46. The number of Topliss-reactive ketones (excluding diaryl/α,β-unsaturated/α-hetero) is 1. The normalized spacial score (nSPS) is 10.0. The Bertz CT molecular complexity index is 325. The van der Waals surface area contributed by atoms with Gasteiger partial charge in [-0.1, -0.05) is 6.58 Å². The molecule has 2 nitrogen and oxygen atoms in total. The van der Waals surface area contributed by atoms with E-state index in [4.69, 9.17) is 4.42 Å². The number of furan rings is 1. The predicted molar refractivity (Wildman–Crippen MR) is 55.3 cm³/mol. The lowest BCUT2D eigenvalue weighted by Crippen LogP contribution is -2.04. The summed E-state index contributed by atoms with van der Waals surface area (Å²) in [4.78, 5) is 11.6. The van der Waals surface area contributed by atoms with E-state index in [9.17, 15) is 4.79 Å². The molecule has 1 rings (SSSR count). The average Bonchev–Trinajstić information content (AvgIpc) is 2.50. The third kappa shape index (κ3) is 2.25. The summed E-state index contributed by atoms with van der Waals surface area (Å²) >= 11 is 1.58. The van der Waals surface area contributed by atoms with Gasteiger partial charge in [0.25, 0.3) is 0 Å². The first-order chi connectivity index (χ1) is 6.16. The summed E-state index contributed by atoms with van der Waals surface area (Å²) in [5.41, 5.74) is 1.46. The zero-order valence-electron chi connectivity index (χ0n) is 7.79. The summed E-state index contributed by atoms with van der Waals surface area (Å²) < 4.78 is 5.07. The van der Waals surface area contributed by atoms with Crippen LogP contribution >= 0.6 is 11.8 Å². The molecule has 1 heterocycles. The second kappa shape index (κ2) is 4.33. The number of hydrogen-bond acceptors (Lipinski definition) is 3. The molecule has 0 saturated carbocycles. The molecule has 0 fully saturated rings. The second-order valence-electron chi connectivity index (χ2n) is 2.80. The van der Waals surface area contributed by atoms with E-state index < -0.39 is 0 Å². The third-order valence-electron chi connectivity index (χ3n) is 1.71. The standard InChI is InChI=1S/C10H12O2S/c1-7-4-5-12-10(7)9(11)8(2)6-13-3/h4-5H,2,6H2,1,3H3. The van der Waals surface area contributed by atoms with E-state index in [2.05, 4.69) is 6.58 Å². The van der Waals surface area contributed by atoms with Crippen molar-refractivity contribution >= 4 is 17.5 Å². The van der Waals surface area contributed by atoms with Gasteiger partial charge in [-0.05, 0) is 24.8 Å². The highest BCUT2D eigenvalue weighted by Gasteiger charge is 2.15. The Morgan fingerprint density at radius 2 is 2.38 bits per heavy atom. The summed E-state index contributed by atoms with van der Waals surface area (Å²) in [5.74, 6) is 0.981. The third-order valence-corrected chi connectivity index (χ3v) is 2.35. The van der Waals surface area contributed by atoms with E-state index in [-0.39, 0.29) is 5.78 Å². The lowest BCUT2D eigenvalue weighted by molar-refractivity contribution is 0.100. The number of carbonyl (C=O) groups excluding carboxylic acids is 1. The number of ketones is 1. The fourth-order valence-corrected chi connectivity index (χ4v) is 1.49. The van der Waals surface area contributed by atoms with Crippen LogP contribution in [0.2, 0.25) is 0 Å². The average molecular weight is 196 g/mol. The first kappa shape index (κ1) is 10.1. The Morgan fingerprint density at radius 1 is 1.69 bits per heavy atom. The van der Waals surface area contributed by atoms with Gasteiger partial charge in [0.05, 0.1) is 6.26 Å². The molecule has 13 heavy (non-hydrogen) atoms. The quantitative estimate of drug-likeness (QED) is 0.548. The molecule has 1 aromatic rings. The molecule has 0 aliphatic carbocycles. The van der Waals surface area contributed by atoms with Crippen molar-refractivity contribution in [1.29, 1.82) is 0 Å². The van der Waals surface area contributed by atoms with Gasteiger partial charge in [-0.15, -0.1) is 0 Å². The molecule has 3 heteroatoms. The molecule has 0 unspecified atom stereocenters. The number of aryl methyl sites for hydroxylation is 1. The van der Waals surface area contributed by atoms with Gasteiger partial charge >= 0.3 is 0 Å². The SMILES string of the molecule is C=C(CSC)C(=O)c1occc1C. The van der Waals surface area contributed by atoms with Crippen molar-refractivity contribution in [1.82, 2.24) is 0 Å². The van der Waals surface area contributed by atoms with Crippen LogP contribution in [-0.2, 0) is 0 Å². The van der Waals surface area contributed by atoms with Crippen LogP contribution in [0.4, 0.5) is 0 Å². The molecular formula is C10H12O2S. The lowest BCUT2D eigenvalue weighted by Gasteiger charge is -2.00. The van der Waals surface area contributed by atoms with Crippen LogP contribution in [0.15, 0.2) is 28.9 Å². The van der Waals surface area contributed by atoms with Gasteiger partial charge in [0.2, 0.25) is 5.78 Å². The van der Waals surface area contributed by atoms with Gasteiger partial charge < -0.3 is 4.42 Å². The molecule has 0 amide bonds. The molecule has 1 aromatic heterocycles. The highest BCUT2D eigenvalue weighted by Crippen LogP contribution is 2.15. The first-order valence-corrected chi connectivity index (χ1v) is 5.31. The van der Waals surface area contributed by atoms with Gasteiger partial charge in [0.1, 0.15) is 0 Å². The van der Waals surface area contributed by atoms with Crippen LogP contribution < -0.4 is 0 Å². The summed E-state index contributed by atoms with van der Waals surface area (Å²) in [5, 5.41) is 0. The Hall–Kier alpha value is -0.960. The van der Waals surface area contributed by atoms with Crippen molar-refractivity contribution < 1.29 is 9.21 Å². The van der Waals surface area contributed by atoms with E-state index in [1.807, 2.05) is 13.2 Å². The number of thioether (sulfide) groups is 1. The molecule has 0 bridgehead atoms. The molecule has 0 spiro atoms. The molecular weight excluding hydrogens is 184 g/mol. The Balaban J connectivity index is 2.80. The number of carbonyl (C=O) groups is 1. The molecule has 0 atom stereocenters. The van der Waals surface area contributed by atoms with Gasteiger partial charge in [-0.25, -0.2) is 0 Å². The Morgan fingerprint density at radius 3 is 2.85 bits per heavy atom. The zero-order chi connectivity index (χ0) is 9.84. The van der Waals surface area contributed by atoms with Crippen molar-refractivity contribution in [2.75, 3.05) is 12.0 Å². The van der Waals surface area contributed by atoms with E-state index in [0.29, 0.717) is 17.1 Å². The molecule has 0 aliphatic rings. The molecule has 0 N–H and O–H groups in total. The van der Waals surface area contributed by atoms with Crippen molar-refractivity contribution in [3.05, 3.63) is 35.8 Å². The maximum absolute atomic E-state index is 11.6. The summed E-state index contributed by atoms with van der Waals surface area (Å²) in [6.45, 7) is 5.56. The highest BCUT2D eigenvalue weighted by molar-refractivity contribution is 7.98. The number of rotatable bonds is 4. The van der Waals surface area contributed by atoms with Gasteiger partial charge in [0.15, 0.2) is 5.76 Å². The number of hydrogen-bond donors (Lipinski definition) is 0. The molecule has 0 aliphatic heterocycles. The monoisotopic (exact) mass is 196 g/mol. The van der Waals surface area contributed by atoms with E-state index in [1.165, 1.54) is 6.26 Å². The molecule has 0 saturated heterocycles. The molecule has 0 radical (unpaired) electrons.